The molecule has 0 saturated carbocycles. The molecular weight excluding hydrogens is 332 g/mol. The molecule has 3 nitrogen and oxygen atoms in total. The molecule has 4 heteroatoms. The van der Waals surface area contributed by atoms with Crippen molar-refractivity contribution in [2.75, 3.05) is 0 Å². The Morgan fingerprint density at radius 2 is 1.20 bits per heavy atom. The Kier molecular flexibility index (Phi) is 10.4. The maximum Gasteiger partial charge on any atom is 0.294 e. The summed E-state index contributed by atoms with van der Waals surface area (Å²) in [4.78, 5) is 0.112. The molecule has 1 aromatic carbocycles. The van der Waals surface area contributed by atoms with Gasteiger partial charge in [-0.05, 0) is 48.4 Å². The lowest BCUT2D eigenvalue weighted by Gasteiger charge is -2.15. The molecule has 144 valence electrons. The highest BCUT2D eigenvalue weighted by atomic mass is 32.2. The molecule has 0 radical (unpaired) electrons. The van der Waals surface area contributed by atoms with Gasteiger partial charge in [-0.15, -0.1) is 0 Å². The third-order valence-corrected chi connectivity index (χ3v) is 5.68. The van der Waals surface area contributed by atoms with Crippen LogP contribution < -0.4 is 0 Å². The average molecular weight is 369 g/mol. The largest absolute Gasteiger partial charge is 0.294 e. The Morgan fingerprint density at radius 3 is 1.76 bits per heavy atom. The summed E-state index contributed by atoms with van der Waals surface area (Å²) >= 11 is 0. The molecule has 0 atom stereocenters. The number of aryl methyl sites for hydroxylation is 3. The minimum absolute atomic E-state index is 0.112. The molecule has 0 aliphatic rings. The van der Waals surface area contributed by atoms with Gasteiger partial charge < -0.3 is 0 Å². The monoisotopic (exact) mass is 368 g/mol. The van der Waals surface area contributed by atoms with Crippen molar-refractivity contribution < 1.29 is 13.0 Å². The molecule has 25 heavy (non-hydrogen) atoms. The topological polar surface area (TPSA) is 54.4 Å². The molecule has 0 bridgehead atoms. The van der Waals surface area contributed by atoms with E-state index in [1.807, 2.05) is 13.0 Å². The van der Waals surface area contributed by atoms with Gasteiger partial charge in [-0.2, -0.15) is 8.42 Å². The number of hydrogen-bond acceptors (Lipinski definition) is 2. The van der Waals surface area contributed by atoms with Crippen molar-refractivity contribution in [1.82, 2.24) is 0 Å². The lowest BCUT2D eigenvalue weighted by Crippen LogP contribution is -2.07. The van der Waals surface area contributed by atoms with E-state index in [2.05, 4.69) is 13.8 Å². The Bertz CT molecular complexity index is 606. The Labute approximate surface area is 155 Å². The second-order valence-corrected chi connectivity index (χ2v) is 8.46. The minimum Gasteiger partial charge on any atom is -0.282 e. The predicted octanol–water partition coefficient (Wildman–Crippen LogP) is 6.13. The van der Waals surface area contributed by atoms with Gasteiger partial charge in [-0.3, -0.25) is 4.55 Å². The summed E-state index contributed by atoms with van der Waals surface area (Å²) in [7, 11) is -4.15. The van der Waals surface area contributed by atoms with Crippen molar-refractivity contribution in [3.05, 3.63) is 28.8 Å². The van der Waals surface area contributed by atoms with Crippen molar-refractivity contribution in [2.45, 2.75) is 103 Å². The summed E-state index contributed by atoms with van der Waals surface area (Å²) in [6.45, 7) is 6.37. The number of benzene rings is 1. The number of hydrogen-bond donors (Lipinski definition) is 1. The standard InChI is InChI=1S/C21H36O3S/c1-4-7-8-9-10-11-12-15-19-16-20(14-6-3)21(25(22,23)24)17-18(19)13-5-2/h16-17H,4-15H2,1-3H3,(H,22,23,24). The van der Waals surface area contributed by atoms with Crippen LogP contribution in [0.1, 0.15) is 95.2 Å². The van der Waals surface area contributed by atoms with Crippen molar-refractivity contribution in [3.63, 3.8) is 0 Å². The average Bonchev–Trinajstić information content (AvgIpc) is 2.55. The second kappa shape index (κ2) is 11.7. The molecule has 0 amide bonds. The van der Waals surface area contributed by atoms with Gasteiger partial charge in [0.25, 0.3) is 10.1 Å². The van der Waals surface area contributed by atoms with Crippen LogP contribution in [0.25, 0.3) is 0 Å². The van der Waals surface area contributed by atoms with Gasteiger partial charge in [0, 0.05) is 0 Å². The summed E-state index contributed by atoms with van der Waals surface area (Å²) < 4.78 is 33.0. The quantitative estimate of drug-likeness (QED) is 0.336. The smallest absolute Gasteiger partial charge is 0.282 e. The summed E-state index contributed by atoms with van der Waals surface area (Å²) in [6, 6.07) is 3.76. The van der Waals surface area contributed by atoms with Crippen LogP contribution in [0.4, 0.5) is 0 Å². The van der Waals surface area contributed by atoms with E-state index in [-0.39, 0.29) is 4.90 Å². The molecule has 0 unspecified atom stereocenters. The SMILES string of the molecule is CCCCCCCCCc1cc(CCC)c(S(=O)(=O)O)cc1CCC. The fraction of sp³-hybridized carbons (Fsp3) is 0.714. The summed E-state index contributed by atoms with van der Waals surface area (Å²) in [5, 5.41) is 0. The molecule has 0 aromatic heterocycles. The van der Waals surface area contributed by atoms with Crippen LogP contribution in [-0.4, -0.2) is 13.0 Å². The number of rotatable bonds is 13. The maximum atomic E-state index is 11.7. The third-order valence-electron chi connectivity index (χ3n) is 4.75. The van der Waals surface area contributed by atoms with Gasteiger partial charge in [-0.25, -0.2) is 0 Å². The molecule has 0 aliphatic carbocycles. The molecule has 0 saturated heterocycles. The van der Waals surface area contributed by atoms with Gasteiger partial charge >= 0.3 is 0 Å². The van der Waals surface area contributed by atoms with Crippen LogP contribution in [0.15, 0.2) is 17.0 Å². The van der Waals surface area contributed by atoms with E-state index in [0.717, 1.165) is 43.2 Å². The predicted molar refractivity (Wildman–Crippen MR) is 106 cm³/mol. The van der Waals surface area contributed by atoms with Crippen LogP contribution in [0.2, 0.25) is 0 Å². The normalized spacial score (nSPS) is 11.8. The van der Waals surface area contributed by atoms with Crippen molar-refractivity contribution in [2.24, 2.45) is 0 Å². The first-order chi connectivity index (χ1) is 11.9. The molecule has 0 spiro atoms. The zero-order chi connectivity index (χ0) is 18.7. The lowest BCUT2D eigenvalue weighted by molar-refractivity contribution is 0.481. The molecule has 1 rings (SSSR count). The minimum atomic E-state index is -4.15. The van der Waals surface area contributed by atoms with E-state index in [4.69, 9.17) is 0 Å². The van der Waals surface area contributed by atoms with Crippen LogP contribution in [0.5, 0.6) is 0 Å². The van der Waals surface area contributed by atoms with Gasteiger partial charge in [0.2, 0.25) is 0 Å². The summed E-state index contributed by atoms with van der Waals surface area (Å²) in [5.74, 6) is 0. The zero-order valence-electron chi connectivity index (χ0n) is 16.3. The second-order valence-electron chi connectivity index (χ2n) is 7.08. The first-order valence-electron chi connectivity index (χ1n) is 10.1. The Balaban J connectivity index is 2.84. The highest BCUT2D eigenvalue weighted by Crippen LogP contribution is 2.25. The van der Waals surface area contributed by atoms with Gasteiger partial charge in [0.1, 0.15) is 0 Å². The molecule has 1 N–H and O–H groups in total. The van der Waals surface area contributed by atoms with E-state index in [9.17, 15) is 13.0 Å². The third kappa shape index (κ3) is 7.91. The van der Waals surface area contributed by atoms with Gasteiger partial charge in [0.05, 0.1) is 4.90 Å². The van der Waals surface area contributed by atoms with E-state index >= 15 is 0 Å². The highest BCUT2D eigenvalue weighted by molar-refractivity contribution is 7.85. The molecule has 0 aliphatic heterocycles. The van der Waals surface area contributed by atoms with E-state index < -0.39 is 10.1 Å². The van der Waals surface area contributed by atoms with Crippen molar-refractivity contribution in [1.29, 1.82) is 0 Å². The van der Waals surface area contributed by atoms with Crippen molar-refractivity contribution >= 4 is 10.1 Å². The van der Waals surface area contributed by atoms with E-state index in [1.165, 1.54) is 44.1 Å². The fourth-order valence-electron chi connectivity index (χ4n) is 3.43. The fourth-order valence-corrected chi connectivity index (χ4v) is 4.21. The summed E-state index contributed by atoms with van der Waals surface area (Å²) in [6.07, 6.45) is 13.3. The van der Waals surface area contributed by atoms with E-state index in [0.29, 0.717) is 6.42 Å². The van der Waals surface area contributed by atoms with Crippen LogP contribution in [0, 0.1) is 0 Å². The zero-order valence-corrected chi connectivity index (χ0v) is 17.1. The molecule has 0 heterocycles. The van der Waals surface area contributed by atoms with Crippen LogP contribution >= 0.6 is 0 Å². The Morgan fingerprint density at radius 1 is 0.680 bits per heavy atom. The first-order valence-corrected chi connectivity index (χ1v) is 11.5. The molecular formula is C21H36O3S. The number of unbranched alkanes of at least 4 members (excludes halogenated alkanes) is 6. The van der Waals surface area contributed by atoms with Crippen LogP contribution in [-0.2, 0) is 29.4 Å². The highest BCUT2D eigenvalue weighted by Gasteiger charge is 2.18. The van der Waals surface area contributed by atoms with Crippen LogP contribution in [0.3, 0.4) is 0 Å². The van der Waals surface area contributed by atoms with Gasteiger partial charge in [-0.1, -0.05) is 78.2 Å². The Hall–Kier alpha value is -0.870. The van der Waals surface area contributed by atoms with Crippen molar-refractivity contribution in [3.8, 4) is 0 Å². The lowest BCUT2D eigenvalue weighted by atomic mass is 9.94. The van der Waals surface area contributed by atoms with Gasteiger partial charge in [0.15, 0.2) is 0 Å². The maximum absolute atomic E-state index is 11.7. The molecule has 0 fully saturated rings. The van der Waals surface area contributed by atoms with E-state index in [1.54, 1.807) is 6.07 Å². The molecule has 1 aromatic rings. The summed E-state index contributed by atoms with van der Waals surface area (Å²) in [5.41, 5.74) is 3.12. The first kappa shape index (κ1) is 22.2.